The monoisotopic (exact) mass is 955 g/mol. The average Bonchev–Trinajstić information content (AvgIpc) is 3.78. The van der Waals surface area contributed by atoms with Gasteiger partial charge in [-0.3, -0.25) is 0 Å². The third-order valence-electron chi connectivity index (χ3n) is 11.1. The van der Waals surface area contributed by atoms with Crippen molar-refractivity contribution in [2.24, 2.45) is 0 Å². The largest absolute Gasteiger partial charge is 0.509 e. The van der Waals surface area contributed by atoms with E-state index in [0.717, 1.165) is 66.9 Å². The van der Waals surface area contributed by atoms with E-state index in [0.29, 0.717) is 30.0 Å². The van der Waals surface area contributed by atoms with E-state index in [-0.39, 0.29) is 31.9 Å². The molecule has 0 N–H and O–H groups in total. The Labute approximate surface area is 367 Å². The summed E-state index contributed by atoms with van der Waals surface area (Å²) in [6.45, 7) is 13.6. The molecule has 0 aliphatic carbocycles. The summed E-state index contributed by atoms with van der Waals surface area (Å²) >= 11 is 0. The van der Waals surface area contributed by atoms with Gasteiger partial charge in [0.1, 0.15) is 5.82 Å². The zero-order chi connectivity index (χ0) is 42.7. The van der Waals surface area contributed by atoms with Gasteiger partial charge in [0.2, 0.25) is 0 Å². The molecular formula is C53H49N4OPt-3. The first-order valence-corrected chi connectivity index (χ1v) is 20.0. The molecule has 1 aliphatic heterocycles. The van der Waals surface area contributed by atoms with E-state index in [1.807, 2.05) is 42.6 Å². The summed E-state index contributed by atoms with van der Waals surface area (Å²) in [5, 5.41) is 2.19. The molecule has 6 heteroatoms. The number of para-hydroxylation sites is 2. The summed E-state index contributed by atoms with van der Waals surface area (Å²) in [6.07, 6.45) is 2.43. The molecule has 8 aromatic rings. The Kier molecular flexibility index (Phi) is 9.79. The standard InChI is InChI=1S/C53H49N4O.Pt/c1-36-23-24-39(52(2,3)4)31-38(36)28-30-55-35-56(48-22-14-20-44(51(48)55)37-15-9-8-10-16-37)41-17-13-18-42(33-41)58-43-25-26-46-45-19-11-12-21-47(45)57(49(46)34-43)50-32-40(27-29-54-50)53(5,6)7;/h8-27,29,31-32,35H,28,30H2,1-7H3;/q-3;/i1D3;. The number of hydrogen-bond donors (Lipinski definition) is 0. The van der Waals surface area contributed by atoms with Gasteiger partial charge in [0.25, 0.3) is 0 Å². The van der Waals surface area contributed by atoms with Crippen LogP contribution in [0.5, 0.6) is 11.5 Å². The van der Waals surface area contributed by atoms with Gasteiger partial charge in [0, 0.05) is 65.3 Å². The first-order chi connectivity index (χ1) is 29.1. The van der Waals surface area contributed by atoms with E-state index in [1.54, 1.807) is 6.07 Å². The maximum atomic E-state index is 8.36. The van der Waals surface area contributed by atoms with E-state index < -0.39 is 6.85 Å². The number of aryl methyl sites for hydroxylation is 1. The maximum absolute atomic E-state index is 8.36. The normalized spacial score (nSPS) is 13.8. The molecule has 0 bridgehead atoms. The number of ether oxygens (including phenoxy) is 1. The van der Waals surface area contributed by atoms with E-state index in [2.05, 4.69) is 166 Å². The third kappa shape index (κ3) is 7.81. The average molecular weight is 956 g/mol. The number of anilines is 3. The van der Waals surface area contributed by atoms with Crippen molar-refractivity contribution >= 4 is 38.9 Å². The van der Waals surface area contributed by atoms with Crippen LogP contribution in [-0.4, -0.2) is 16.1 Å². The van der Waals surface area contributed by atoms with Crippen LogP contribution in [0.3, 0.4) is 0 Å². The molecule has 9 rings (SSSR count). The third-order valence-corrected chi connectivity index (χ3v) is 11.1. The summed E-state index contributed by atoms with van der Waals surface area (Å²) in [7, 11) is 0. The van der Waals surface area contributed by atoms with Crippen molar-refractivity contribution in [3.63, 3.8) is 0 Å². The molecule has 1 aliphatic rings. The number of fused-ring (bicyclic) bond motifs is 4. The first-order valence-electron chi connectivity index (χ1n) is 21.5. The summed E-state index contributed by atoms with van der Waals surface area (Å²) in [5.74, 6) is 1.95. The Hall–Kier alpha value is -5.64. The molecule has 0 radical (unpaired) electrons. The number of benzene rings is 6. The number of aromatic nitrogens is 2. The molecular weight excluding hydrogens is 904 g/mol. The molecule has 0 unspecified atom stereocenters. The zero-order valence-corrected chi connectivity index (χ0v) is 36.6. The Bertz CT molecular complexity index is 2910. The minimum atomic E-state index is -2.22. The van der Waals surface area contributed by atoms with Gasteiger partial charge in [-0.05, 0) is 88.1 Å². The maximum Gasteiger partial charge on any atom is 0.135 e. The molecule has 0 atom stereocenters. The second-order valence-electron chi connectivity index (χ2n) is 17.2. The minimum absolute atomic E-state index is 0. The van der Waals surface area contributed by atoms with Crippen molar-refractivity contribution in [3.05, 3.63) is 181 Å². The fraction of sp³-hybridized carbons (Fsp3) is 0.208. The predicted octanol–water partition coefficient (Wildman–Crippen LogP) is 13.5. The van der Waals surface area contributed by atoms with E-state index in [1.165, 1.54) is 5.56 Å². The predicted molar refractivity (Wildman–Crippen MR) is 241 cm³/mol. The van der Waals surface area contributed by atoms with Gasteiger partial charge < -0.3 is 19.1 Å². The van der Waals surface area contributed by atoms with E-state index in [9.17, 15) is 0 Å². The molecule has 0 saturated heterocycles. The fourth-order valence-electron chi connectivity index (χ4n) is 7.94. The van der Waals surface area contributed by atoms with Crippen LogP contribution >= 0.6 is 0 Å². The van der Waals surface area contributed by atoms with Crippen LogP contribution in [-0.2, 0) is 38.3 Å². The van der Waals surface area contributed by atoms with Gasteiger partial charge in [-0.15, -0.1) is 41.4 Å². The van der Waals surface area contributed by atoms with Gasteiger partial charge in [0.15, 0.2) is 0 Å². The number of nitrogens with zero attached hydrogens (tertiary/aromatic N) is 4. The van der Waals surface area contributed by atoms with Crippen molar-refractivity contribution in [2.45, 2.75) is 65.6 Å². The van der Waals surface area contributed by atoms with Crippen LogP contribution in [0.4, 0.5) is 17.1 Å². The van der Waals surface area contributed by atoms with Crippen molar-refractivity contribution in [3.8, 4) is 28.4 Å². The SMILES string of the molecule is [2H]C([2H])([2H])c1ccc(C(C)(C)C)cc1CCN1[CH-]N(c2[c-]c(Oc3[c-]c4c(cc3)c3ccccc3n4-c3cc(C(C)(C)C)ccn3)ccc2)c2cccc(-c3ccccc3)c21.[Pt]. The Morgan fingerprint density at radius 1 is 0.712 bits per heavy atom. The van der Waals surface area contributed by atoms with Crippen molar-refractivity contribution in [2.75, 3.05) is 16.3 Å². The first kappa shape index (κ1) is 36.4. The van der Waals surface area contributed by atoms with Gasteiger partial charge >= 0.3 is 0 Å². The molecule has 0 amide bonds. The second kappa shape index (κ2) is 15.8. The van der Waals surface area contributed by atoms with E-state index >= 15 is 0 Å². The Morgan fingerprint density at radius 3 is 2.25 bits per heavy atom. The van der Waals surface area contributed by atoms with E-state index in [4.69, 9.17) is 13.8 Å². The zero-order valence-electron chi connectivity index (χ0n) is 37.3. The van der Waals surface area contributed by atoms with Crippen molar-refractivity contribution in [1.29, 1.82) is 0 Å². The molecule has 0 saturated carbocycles. The van der Waals surface area contributed by atoms with Crippen molar-refractivity contribution in [1.82, 2.24) is 9.55 Å². The number of pyridine rings is 1. The minimum Gasteiger partial charge on any atom is -0.509 e. The molecule has 3 heterocycles. The van der Waals surface area contributed by atoms with Crippen LogP contribution in [0.15, 0.2) is 140 Å². The Balaban J connectivity index is 0.00000529. The van der Waals surface area contributed by atoms with Crippen LogP contribution < -0.4 is 14.5 Å². The fourth-order valence-corrected chi connectivity index (χ4v) is 7.94. The summed E-state index contributed by atoms with van der Waals surface area (Å²) in [6, 6.07) is 52.4. The quantitative estimate of drug-likeness (QED) is 0.142. The second-order valence-corrected chi connectivity index (χ2v) is 17.2. The van der Waals surface area contributed by atoms with Crippen LogP contribution in [0.25, 0.3) is 38.8 Å². The Morgan fingerprint density at radius 2 is 1.46 bits per heavy atom. The molecule has 6 aromatic carbocycles. The number of hydrogen-bond acceptors (Lipinski definition) is 4. The topological polar surface area (TPSA) is 33.5 Å². The van der Waals surface area contributed by atoms with Gasteiger partial charge in [-0.25, -0.2) is 4.98 Å². The number of rotatable bonds is 8. The van der Waals surface area contributed by atoms with Crippen LogP contribution in [0.2, 0.25) is 0 Å². The summed E-state index contributed by atoms with van der Waals surface area (Å²) in [5.41, 5.74) is 10.4. The molecule has 300 valence electrons. The van der Waals surface area contributed by atoms with Gasteiger partial charge in [-0.2, -0.15) is 18.8 Å². The molecule has 5 nitrogen and oxygen atoms in total. The molecule has 0 spiro atoms. The molecule has 2 aromatic heterocycles. The summed E-state index contributed by atoms with van der Waals surface area (Å²) < 4.78 is 33.8. The smallest absolute Gasteiger partial charge is 0.135 e. The molecule has 59 heavy (non-hydrogen) atoms. The van der Waals surface area contributed by atoms with Crippen molar-refractivity contribution < 1.29 is 29.9 Å². The van der Waals surface area contributed by atoms with Crippen LogP contribution in [0.1, 0.15) is 67.9 Å². The van der Waals surface area contributed by atoms with Gasteiger partial charge in [-0.1, -0.05) is 126 Å². The van der Waals surface area contributed by atoms with Crippen LogP contribution in [0, 0.1) is 25.7 Å². The molecule has 0 fully saturated rings. The van der Waals surface area contributed by atoms with Gasteiger partial charge in [0.05, 0.1) is 0 Å². The summed E-state index contributed by atoms with van der Waals surface area (Å²) in [4.78, 5) is 9.22.